The van der Waals surface area contributed by atoms with Gasteiger partial charge in [-0.2, -0.15) is 5.26 Å². The molecule has 0 spiro atoms. The van der Waals surface area contributed by atoms with E-state index in [1.807, 2.05) is 0 Å². The van der Waals surface area contributed by atoms with Gasteiger partial charge in [-0.25, -0.2) is 4.98 Å². The van der Waals surface area contributed by atoms with Crippen LogP contribution in [-0.2, 0) is 13.0 Å². The summed E-state index contributed by atoms with van der Waals surface area (Å²) >= 11 is 1.18. The van der Waals surface area contributed by atoms with Crippen molar-refractivity contribution in [2.24, 2.45) is 0 Å². The van der Waals surface area contributed by atoms with E-state index in [0.717, 1.165) is 31.5 Å². The van der Waals surface area contributed by atoms with Crippen LogP contribution in [0.1, 0.15) is 51.9 Å². The van der Waals surface area contributed by atoms with Crippen LogP contribution in [0.3, 0.4) is 0 Å². The van der Waals surface area contributed by atoms with Gasteiger partial charge in [0.1, 0.15) is 16.7 Å². The normalized spacial score (nSPS) is 14.0. The predicted molar refractivity (Wildman–Crippen MR) is 128 cm³/mol. The molecule has 0 fully saturated rings. The van der Waals surface area contributed by atoms with Crippen molar-refractivity contribution >= 4 is 27.5 Å². The van der Waals surface area contributed by atoms with E-state index in [1.54, 1.807) is 23.6 Å². The van der Waals surface area contributed by atoms with Gasteiger partial charge in [-0.15, -0.1) is 11.3 Å². The summed E-state index contributed by atoms with van der Waals surface area (Å²) in [5.41, 5.74) is 0.960. The van der Waals surface area contributed by atoms with Crippen molar-refractivity contribution in [1.29, 1.82) is 5.26 Å². The summed E-state index contributed by atoms with van der Waals surface area (Å²) in [7, 11) is 4.45. The fraction of sp³-hybridized carbons (Fsp3) is 0.417. The fourth-order valence-electron chi connectivity index (χ4n) is 4.28. The van der Waals surface area contributed by atoms with Gasteiger partial charge < -0.3 is 19.5 Å². The third kappa shape index (κ3) is 4.07. The molecule has 0 bridgehead atoms. The number of thiophene rings is 1. The first-order chi connectivity index (χ1) is 16.4. The summed E-state index contributed by atoms with van der Waals surface area (Å²) in [4.78, 5) is 32.0. The van der Waals surface area contributed by atoms with Crippen molar-refractivity contribution in [3.05, 3.63) is 44.3 Å². The largest absolute Gasteiger partial charge is 0.493 e. The number of hydrogen-bond acceptors (Lipinski definition) is 8. The minimum Gasteiger partial charge on any atom is -0.493 e. The molecule has 0 radical (unpaired) electrons. The molecule has 3 aromatic rings. The van der Waals surface area contributed by atoms with Gasteiger partial charge >= 0.3 is 0 Å². The van der Waals surface area contributed by atoms with Crippen LogP contribution in [0.15, 0.2) is 16.9 Å². The molecule has 178 valence electrons. The van der Waals surface area contributed by atoms with E-state index >= 15 is 0 Å². The Hall–Kier alpha value is -3.58. The van der Waals surface area contributed by atoms with E-state index in [0.29, 0.717) is 50.0 Å². The van der Waals surface area contributed by atoms with Gasteiger partial charge in [0.15, 0.2) is 11.5 Å². The summed E-state index contributed by atoms with van der Waals surface area (Å²) in [6.07, 6.45) is 3.75. The summed E-state index contributed by atoms with van der Waals surface area (Å²) in [5, 5.41) is 13.0. The Morgan fingerprint density at radius 1 is 1.18 bits per heavy atom. The maximum atomic E-state index is 13.2. The van der Waals surface area contributed by atoms with Crippen LogP contribution in [0.5, 0.6) is 17.2 Å². The fourth-order valence-corrected chi connectivity index (χ4v) is 5.37. The molecular weight excluding hydrogens is 456 g/mol. The number of ether oxygens (including phenoxy) is 3. The molecule has 9 nitrogen and oxygen atoms in total. The van der Waals surface area contributed by atoms with E-state index in [1.165, 1.54) is 32.7 Å². The Bertz CT molecular complexity index is 1330. The second-order valence-electron chi connectivity index (χ2n) is 8.03. The number of carbonyl (C=O) groups excluding carboxylic acids is 1. The molecule has 10 heteroatoms. The smallest absolute Gasteiger partial charge is 0.263 e. The van der Waals surface area contributed by atoms with Crippen molar-refractivity contribution in [2.75, 3.05) is 21.3 Å². The zero-order valence-corrected chi connectivity index (χ0v) is 20.4. The Labute approximate surface area is 200 Å². The van der Waals surface area contributed by atoms with Crippen molar-refractivity contribution in [2.45, 2.75) is 45.2 Å². The van der Waals surface area contributed by atoms with Crippen LogP contribution in [0.25, 0.3) is 10.2 Å². The number of nitriles is 1. The topological polar surface area (TPSA) is 115 Å². The van der Waals surface area contributed by atoms with E-state index in [-0.39, 0.29) is 5.56 Å². The summed E-state index contributed by atoms with van der Waals surface area (Å²) in [6, 6.07) is 4.39. The minimum absolute atomic E-state index is 0.101. The van der Waals surface area contributed by atoms with Crippen molar-refractivity contribution in [3.63, 3.8) is 0 Å². The van der Waals surface area contributed by atoms with Crippen LogP contribution < -0.4 is 25.1 Å². The number of amides is 1. The Morgan fingerprint density at radius 3 is 2.50 bits per heavy atom. The summed E-state index contributed by atoms with van der Waals surface area (Å²) in [5.74, 6) is 1.48. The molecule has 1 amide bonds. The van der Waals surface area contributed by atoms with Crippen molar-refractivity contribution in [3.8, 4) is 23.3 Å². The number of aromatic nitrogens is 2. The highest BCUT2D eigenvalue weighted by Crippen LogP contribution is 2.40. The number of benzene rings is 1. The van der Waals surface area contributed by atoms with Gasteiger partial charge in [0.2, 0.25) is 5.75 Å². The lowest BCUT2D eigenvalue weighted by Crippen LogP contribution is -2.28. The monoisotopic (exact) mass is 482 g/mol. The van der Waals surface area contributed by atoms with E-state index in [9.17, 15) is 14.9 Å². The standard InChI is InChI=1S/C24H26N4O5S/c1-13-19-23(27-18-8-6-5-7-9-28(18)24(19)30)34-21(13)22(29)26-15(12-25)14-10-16(31-2)20(33-4)17(11-14)32-3/h10-11,15H,5-9H2,1-4H3,(H,26,29). The molecule has 1 N–H and O–H groups in total. The molecule has 1 atom stereocenters. The lowest BCUT2D eigenvalue weighted by atomic mass is 10.1. The number of carbonyl (C=O) groups is 1. The van der Waals surface area contributed by atoms with Gasteiger partial charge in [-0.3, -0.25) is 14.2 Å². The predicted octanol–water partition coefficient (Wildman–Crippen LogP) is 3.51. The lowest BCUT2D eigenvalue weighted by molar-refractivity contribution is 0.0948. The number of nitrogens with zero attached hydrogens (tertiary/aromatic N) is 3. The van der Waals surface area contributed by atoms with Gasteiger partial charge in [-0.05, 0) is 43.0 Å². The molecule has 34 heavy (non-hydrogen) atoms. The molecule has 3 heterocycles. The summed E-state index contributed by atoms with van der Waals surface area (Å²) in [6.45, 7) is 2.40. The molecule has 0 saturated heterocycles. The second kappa shape index (κ2) is 9.73. The molecular formula is C24H26N4O5S. The van der Waals surface area contributed by atoms with Gasteiger partial charge in [-0.1, -0.05) is 6.42 Å². The quantitative estimate of drug-likeness (QED) is 0.572. The molecule has 0 aliphatic carbocycles. The van der Waals surface area contributed by atoms with Crippen LogP contribution in [0, 0.1) is 18.3 Å². The van der Waals surface area contributed by atoms with Crippen molar-refractivity contribution in [1.82, 2.24) is 14.9 Å². The van der Waals surface area contributed by atoms with Crippen LogP contribution in [-0.4, -0.2) is 36.8 Å². The molecule has 2 aromatic heterocycles. The number of nitrogens with one attached hydrogen (secondary N) is 1. The molecule has 1 unspecified atom stereocenters. The highest BCUT2D eigenvalue weighted by molar-refractivity contribution is 7.20. The summed E-state index contributed by atoms with van der Waals surface area (Å²) < 4.78 is 17.8. The van der Waals surface area contributed by atoms with Crippen LogP contribution in [0.4, 0.5) is 0 Å². The van der Waals surface area contributed by atoms with Crippen molar-refractivity contribution < 1.29 is 19.0 Å². The Morgan fingerprint density at radius 2 is 1.88 bits per heavy atom. The Kier molecular flexibility index (Phi) is 6.75. The second-order valence-corrected chi connectivity index (χ2v) is 9.03. The van der Waals surface area contributed by atoms with E-state index in [2.05, 4.69) is 11.4 Å². The first kappa shape index (κ1) is 23.6. The highest BCUT2D eigenvalue weighted by atomic mass is 32.1. The van der Waals surface area contributed by atoms with Gasteiger partial charge in [0, 0.05) is 13.0 Å². The third-order valence-electron chi connectivity index (χ3n) is 6.04. The van der Waals surface area contributed by atoms with Gasteiger partial charge in [0.05, 0.1) is 37.7 Å². The van der Waals surface area contributed by atoms with E-state index < -0.39 is 11.9 Å². The number of aryl methyl sites for hydroxylation is 2. The number of methoxy groups -OCH3 is 3. The maximum Gasteiger partial charge on any atom is 0.263 e. The zero-order chi connectivity index (χ0) is 24.4. The van der Waals surface area contributed by atoms with Gasteiger partial charge in [0.25, 0.3) is 11.5 Å². The highest BCUT2D eigenvalue weighted by Gasteiger charge is 2.25. The first-order valence-electron chi connectivity index (χ1n) is 11.0. The van der Waals surface area contributed by atoms with Crippen LogP contribution >= 0.6 is 11.3 Å². The maximum absolute atomic E-state index is 13.2. The Balaban J connectivity index is 1.70. The average Bonchev–Trinajstić information content (AvgIpc) is 3.01. The van der Waals surface area contributed by atoms with E-state index in [4.69, 9.17) is 19.2 Å². The number of rotatable bonds is 6. The van der Waals surface area contributed by atoms with Crippen LogP contribution in [0.2, 0.25) is 0 Å². The molecule has 0 saturated carbocycles. The third-order valence-corrected chi connectivity index (χ3v) is 7.23. The molecule has 1 aromatic carbocycles. The number of hydrogen-bond donors (Lipinski definition) is 1. The lowest BCUT2D eigenvalue weighted by Gasteiger charge is -2.17. The zero-order valence-electron chi connectivity index (χ0n) is 19.6. The average molecular weight is 483 g/mol. The molecule has 4 rings (SSSR count). The minimum atomic E-state index is -0.975. The molecule has 1 aliphatic rings. The SMILES string of the molecule is COc1cc(C(C#N)NC(=O)c2sc3nc4n(c(=O)c3c2C)CCCCC4)cc(OC)c1OC. The number of fused-ring (bicyclic) bond motifs is 2. The first-order valence-corrected chi connectivity index (χ1v) is 11.8. The molecule has 1 aliphatic heterocycles.